The number of nitrogens with one attached hydrogen (secondary N) is 1. The summed E-state index contributed by atoms with van der Waals surface area (Å²) in [6.45, 7) is 5.89. The van der Waals surface area contributed by atoms with Crippen molar-refractivity contribution < 1.29 is 5.11 Å². The molecule has 0 aliphatic carbocycles. The van der Waals surface area contributed by atoms with Crippen molar-refractivity contribution >= 4 is 23.2 Å². The van der Waals surface area contributed by atoms with Gasteiger partial charge in [-0.1, -0.05) is 49.9 Å². The lowest BCUT2D eigenvalue weighted by Gasteiger charge is -2.14. The highest BCUT2D eigenvalue weighted by atomic mass is 35.5. The largest absolute Gasteiger partial charge is 0.387 e. The van der Waals surface area contributed by atoms with E-state index in [1.54, 1.807) is 18.2 Å². The number of aliphatic hydroxyl groups excluding tert-OH is 1. The van der Waals surface area contributed by atoms with E-state index in [4.69, 9.17) is 23.2 Å². The van der Waals surface area contributed by atoms with Crippen LogP contribution in [-0.4, -0.2) is 18.2 Å². The Morgan fingerprint density at radius 3 is 2.63 bits per heavy atom. The molecule has 108 valence electrons. The molecular weight excluding hydrogens is 281 g/mol. The molecule has 0 saturated heterocycles. The van der Waals surface area contributed by atoms with E-state index in [0.717, 1.165) is 18.9 Å². The van der Waals surface area contributed by atoms with E-state index in [1.165, 1.54) is 12.8 Å². The van der Waals surface area contributed by atoms with Crippen LogP contribution in [0.15, 0.2) is 18.2 Å². The van der Waals surface area contributed by atoms with E-state index >= 15 is 0 Å². The van der Waals surface area contributed by atoms with Crippen LogP contribution in [0.5, 0.6) is 0 Å². The van der Waals surface area contributed by atoms with Gasteiger partial charge in [-0.15, -0.1) is 0 Å². The number of halogens is 2. The molecule has 0 aliphatic rings. The van der Waals surface area contributed by atoms with Gasteiger partial charge in [0.15, 0.2) is 0 Å². The van der Waals surface area contributed by atoms with Gasteiger partial charge in [0, 0.05) is 22.2 Å². The third kappa shape index (κ3) is 6.62. The first-order valence-corrected chi connectivity index (χ1v) is 7.60. The second-order valence-electron chi connectivity index (χ2n) is 5.28. The summed E-state index contributed by atoms with van der Waals surface area (Å²) in [5.74, 6) is 0.760. The summed E-state index contributed by atoms with van der Waals surface area (Å²) in [5, 5.41) is 14.5. The summed E-state index contributed by atoms with van der Waals surface area (Å²) in [7, 11) is 0. The summed E-state index contributed by atoms with van der Waals surface area (Å²) in [5.41, 5.74) is 0.684. The maximum absolute atomic E-state index is 10.1. The van der Waals surface area contributed by atoms with Crippen molar-refractivity contribution in [3.8, 4) is 0 Å². The molecule has 19 heavy (non-hydrogen) atoms. The molecule has 2 N–H and O–H groups in total. The average molecular weight is 304 g/mol. The lowest BCUT2D eigenvalue weighted by Crippen LogP contribution is -2.22. The minimum absolute atomic E-state index is 0.502. The molecule has 0 radical (unpaired) electrons. The molecule has 0 aromatic heterocycles. The van der Waals surface area contributed by atoms with E-state index < -0.39 is 6.10 Å². The van der Waals surface area contributed by atoms with Gasteiger partial charge < -0.3 is 10.4 Å². The second-order valence-corrected chi connectivity index (χ2v) is 6.12. The van der Waals surface area contributed by atoms with Crippen molar-refractivity contribution in [2.75, 3.05) is 13.1 Å². The highest BCUT2D eigenvalue weighted by molar-refractivity contribution is 6.33. The molecule has 1 rings (SSSR count). The highest BCUT2D eigenvalue weighted by Crippen LogP contribution is 2.25. The average Bonchev–Trinajstić information content (AvgIpc) is 2.36. The maximum atomic E-state index is 10.1. The molecule has 0 fully saturated rings. The first kappa shape index (κ1) is 16.8. The van der Waals surface area contributed by atoms with Gasteiger partial charge >= 0.3 is 0 Å². The molecule has 1 aromatic rings. The van der Waals surface area contributed by atoms with Crippen LogP contribution in [0.2, 0.25) is 10.0 Å². The van der Waals surface area contributed by atoms with Gasteiger partial charge in [-0.25, -0.2) is 0 Å². The standard InChI is InChI=1S/C15H23Cl2NO/c1-11(2)5-3-4-8-18-10-15(19)13-9-12(16)6-7-14(13)17/h6-7,9,11,15,18-19H,3-5,8,10H2,1-2H3. The van der Waals surface area contributed by atoms with Crippen molar-refractivity contribution in [1.82, 2.24) is 5.32 Å². The first-order valence-electron chi connectivity index (χ1n) is 6.84. The van der Waals surface area contributed by atoms with Gasteiger partial charge in [-0.3, -0.25) is 0 Å². The molecule has 0 aliphatic heterocycles. The molecule has 4 heteroatoms. The fourth-order valence-corrected chi connectivity index (χ4v) is 2.35. The Labute approximate surface area is 126 Å². The summed E-state index contributed by atoms with van der Waals surface area (Å²) < 4.78 is 0. The number of hydrogen-bond acceptors (Lipinski definition) is 2. The first-order chi connectivity index (χ1) is 9.00. The van der Waals surface area contributed by atoms with Crippen LogP contribution >= 0.6 is 23.2 Å². The minimum atomic E-state index is -0.615. The van der Waals surface area contributed by atoms with Crippen LogP contribution in [0.4, 0.5) is 0 Å². The van der Waals surface area contributed by atoms with E-state index in [1.807, 2.05) is 0 Å². The van der Waals surface area contributed by atoms with E-state index in [0.29, 0.717) is 22.2 Å². The number of aliphatic hydroxyl groups is 1. The number of rotatable bonds is 8. The van der Waals surface area contributed by atoms with Crippen molar-refractivity contribution in [1.29, 1.82) is 0 Å². The molecule has 0 amide bonds. The van der Waals surface area contributed by atoms with Crippen LogP contribution in [0.25, 0.3) is 0 Å². The molecule has 0 bridgehead atoms. The molecule has 0 heterocycles. The van der Waals surface area contributed by atoms with E-state index in [9.17, 15) is 5.11 Å². The minimum Gasteiger partial charge on any atom is -0.387 e. The SMILES string of the molecule is CC(C)CCCCNCC(O)c1cc(Cl)ccc1Cl. The van der Waals surface area contributed by atoms with Gasteiger partial charge in [0.1, 0.15) is 0 Å². The zero-order valence-electron chi connectivity index (χ0n) is 11.6. The Kier molecular flexibility index (Phi) is 7.77. The van der Waals surface area contributed by atoms with E-state index in [-0.39, 0.29) is 0 Å². The lowest BCUT2D eigenvalue weighted by molar-refractivity contribution is 0.175. The van der Waals surface area contributed by atoms with Gasteiger partial charge in [0.2, 0.25) is 0 Å². The summed E-state index contributed by atoms with van der Waals surface area (Å²) in [6, 6.07) is 5.15. The Hall–Kier alpha value is -0.280. The predicted octanol–water partition coefficient (Wildman–Crippen LogP) is 4.44. The third-order valence-electron chi connectivity index (χ3n) is 3.04. The maximum Gasteiger partial charge on any atom is 0.0929 e. The van der Waals surface area contributed by atoms with Crippen molar-refractivity contribution in [2.24, 2.45) is 5.92 Å². The van der Waals surface area contributed by atoms with E-state index in [2.05, 4.69) is 19.2 Å². The number of unbranched alkanes of at least 4 members (excludes halogenated alkanes) is 1. The molecule has 1 aromatic carbocycles. The Balaban J connectivity index is 2.27. The zero-order valence-corrected chi connectivity index (χ0v) is 13.1. The fraction of sp³-hybridized carbons (Fsp3) is 0.600. The van der Waals surface area contributed by atoms with Gasteiger partial charge in [-0.2, -0.15) is 0 Å². The topological polar surface area (TPSA) is 32.3 Å². The normalized spacial score (nSPS) is 12.9. The molecular formula is C15H23Cl2NO. The van der Waals surface area contributed by atoms with Crippen LogP contribution in [0, 0.1) is 5.92 Å². The molecule has 2 nitrogen and oxygen atoms in total. The third-order valence-corrected chi connectivity index (χ3v) is 3.62. The van der Waals surface area contributed by atoms with Gasteiger partial charge in [0.25, 0.3) is 0 Å². The van der Waals surface area contributed by atoms with Crippen LogP contribution < -0.4 is 5.32 Å². The molecule has 1 unspecified atom stereocenters. The zero-order chi connectivity index (χ0) is 14.3. The fourth-order valence-electron chi connectivity index (χ4n) is 1.92. The van der Waals surface area contributed by atoms with Crippen LogP contribution in [-0.2, 0) is 0 Å². The molecule has 0 spiro atoms. The number of benzene rings is 1. The van der Waals surface area contributed by atoms with Crippen molar-refractivity contribution in [2.45, 2.75) is 39.2 Å². The Morgan fingerprint density at radius 1 is 1.21 bits per heavy atom. The van der Waals surface area contributed by atoms with Crippen LogP contribution in [0.1, 0.15) is 44.8 Å². The summed E-state index contributed by atoms with van der Waals surface area (Å²) in [4.78, 5) is 0. The smallest absolute Gasteiger partial charge is 0.0929 e. The van der Waals surface area contributed by atoms with Crippen molar-refractivity contribution in [3.05, 3.63) is 33.8 Å². The van der Waals surface area contributed by atoms with Gasteiger partial charge in [0.05, 0.1) is 6.10 Å². The predicted molar refractivity (Wildman–Crippen MR) is 83.0 cm³/mol. The quantitative estimate of drug-likeness (QED) is 0.696. The monoisotopic (exact) mass is 303 g/mol. The number of hydrogen-bond donors (Lipinski definition) is 2. The van der Waals surface area contributed by atoms with Crippen LogP contribution in [0.3, 0.4) is 0 Å². The Morgan fingerprint density at radius 2 is 1.95 bits per heavy atom. The van der Waals surface area contributed by atoms with Gasteiger partial charge in [-0.05, 0) is 37.1 Å². The summed E-state index contributed by atoms with van der Waals surface area (Å²) >= 11 is 11.9. The lowest BCUT2D eigenvalue weighted by atomic mass is 10.1. The Bertz CT molecular complexity index is 382. The molecule has 0 saturated carbocycles. The second kappa shape index (κ2) is 8.80. The summed E-state index contributed by atoms with van der Waals surface area (Å²) in [6.07, 6.45) is 2.99. The highest BCUT2D eigenvalue weighted by Gasteiger charge is 2.11. The molecule has 1 atom stereocenters. The van der Waals surface area contributed by atoms with Crippen molar-refractivity contribution in [3.63, 3.8) is 0 Å².